The van der Waals surface area contributed by atoms with Crippen LogP contribution in [0.1, 0.15) is 36.3 Å². The molecule has 3 aromatic rings. The van der Waals surface area contributed by atoms with E-state index in [9.17, 15) is 5.11 Å². The second-order valence-electron chi connectivity index (χ2n) is 8.76. The summed E-state index contributed by atoms with van der Waals surface area (Å²) in [5.74, 6) is 1.99. The van der Waals surface area contributed by atoms with E-state index in [-0.39, 0.29) is 13.2 Å². The molecule has 1 aromatic carbocycles. The summed E-state index contributed by atoms with van der Waals surface area (Å²) in [5, 5.41) is 17.9. The lowest BCUT2D eigenvalue weighted by Gasteiger charge is -2.28. The van der Waals surface area contributed by atoms with Gasteiger partial charge in [0, 0.05) is 24.7 Å². The second-order valence-corrected chi connectivity index (χ2v) is 8.76. The molecule has 1 aliphatic carbocycles. The van der Waals surface area contributed by atoms with Crippen LogP contribution in [0.2, 0.25) is 0 Å². The summed E-state index contributed by atoms with van der Waals surface area (Å²) in [6.45, 7) is 5.22. The number of hydrogen-bond donors (Lipinski definition) is 1. The quantitative estimate of drug-likeness (QED) is 0.588. The molecule has 33 heavy (non-hydrogen) atoms. The number of aliphatic hydroxyl groups is 1. The van der Waals surface area contributed by atoms with Gasteiger partial charge in [-0.15, -0.1) is 0 Å². The van der Waals surface area contributed by atoms with Crippen LogP contribution in [0.25, 0.3) is 22.4 Å². The Morgan fingerprint density at radius 1 is 1.09 bits per heavy atom. The Hall–Kier alpha value is -3.03. The van der Waals surface area contributed by atoms with Crippen molar-refractivity contribution in [3.05, 3.63) is 53.7 Å². The molecule has 7 nitrogen and oxygen atoms in total. The van der Waals surface area contributed by atoms with Gasteiger partial charge in [0.25, 0.3) is 0 Å². The highest BCUT2D eigenvalue weighted by molar-refractivity contribution is 5.76. The molecule has 1 saturated heterocycles. The van der Waals surface area contributed by atoms with Gasteiger partial charge in [-0.1, -0.05) is 18.6 Å². The third-order valence-electron chi connectivity index (χ3n) is 6.56. The molecule has 5 rings (SSSR count). The zero-order valence-electron chi connectivity index (χ0n) is 19.0. The summed E-state index contributed by atoms with van der Waals surface area (Å²) < 4.78 is 11.2. The SMILES string of the molecule is Cc1ccc(-c2cc(C3CCC3)cnn2)cc1-c1cc(OCCO)nc(N2CCOCC2)c1. The minimum atomic E-state index is -0.0523. The largest absolute Gasteiger partial charge is 0.475 e. The maximum atomic E-state index is 9.23. The lowest BCUT2D eigenvalue weighted by Crippen LogP contribution is -2.36. The summed E-state index contributed by atoms with van der Waals surface area (Å²) in [6.07, 6.45) is 5.68. The summed E-state index contributed by atoms with van der Waals surface area (Å²) in [7, 11) is 0. The lowest BCUT2D eigenvalue weighted by atomic mass is 9.80. The number of benzene rings is 1. The van der Waals surface area contributed by atoms with Crippen molar-refractivity contribution in [2.24, 2.45) is 0 Å². The van der Waals surface area contributed by atoms with Gasteiger partial charge in [0.2, 0.25) is 5.88 Å². The summed E-state index contributed by atoms with van der Waals surface area (Å²) in [4.78, 5) is 6.91. The molecule has 0 radical (unpaired) electrons. The van der Waals surface area contributed by atoms with Gasteiger partial charge in [0.1, 0.15) is 12.4 Å². The van der Waals surface area contributed by atoms with Crippen LogP contribution in [0.4, 0.5) is 5.82 Å². The van der Waals surface area contributed by atoms with E-state index in [0.717, 1.165) is 46.9 Å². The van der Waals surface area contributed by atoms with Crippen molar-refractivity contribution in [1.82, 2.24) is 15.2 Å². The van der Waals surface area contributed by atoms with Crippen molar-refractivity contribution >= 4 is 5.82 Å². The highest BCUT2D eigenvalue weighted by Gasteiger charge is 2.21. The Morgan fingerprint density at radius 3 is 2.70 bits per heavy atom. The van der Waals surface area contributed by atoms with Crippen LogP contribution < -0.4 is 9.64 Å². The number of rotatable bonds is 7. The van der Waals surface area contributed by atoms with E-state index >= 15 is 0 Å². The van der Waals surface area contributed by atoms with Gasteiger partial charge in [-0.3, -0.25) is 0 Å². The number of anilines is 1. The summed E-state index contributed by atoms with van der Waals surface area (Å²) >= 11 is 0. The van der Waals surface area contributed by atoms with Gasteiger partial charge in [0.05, 0.1) is 31.7 Å². The summed E-state index contributed by atoms with van der Waals surface area (Å²) in [6, 6.07) is 12.7. The van der Waals surface area contributed by atoms with Crippen LogP contribution in [0, 0.1) is 6.92 Å². The predicted molar refractivity (Wildman–Crippen MR) is 128 cm³/mol. The minimum Gasteiger partial charge on any atom is -0.475 e. The third kappa shape index (κ3) is 4.84. The van der Waals surface area contributed by atoms with Crippen LogP contribution >= 0.6 is 0 Å². The Kier molecular flexibility index (Phi) is 6.51. The maximum absolute atomic E-state index is 9.23. The number of aliphatic hydroxyl groups excluding tert-OH is 1. The zero-order valence-corrected chi connectivity index (χ0v) is 19.0. The van der Waals surface area contributed by atoms with E-state index in [1.807, 2.05) is 12.3 Å². The number of aryl methyl sites for hydroxylation is 1. The van der Waals surface area contributed by atoms with Gasteiger partial charge >= 0.3 is 0 Å². The first-order valence-electron chi connectivity index (χ1n) is 11.7. The fourth-order valence-electron chi connectivity index (χ4n) is 4.41. The van der Waals surface area contributed by atoms with E-state index in [2.05, 4.69) is 52.4 Å². The van der Waals surface area contributed by atoms with Gasteiger partial charge in [-0.05, 0) is 66.1 Å². The highest BCUT2D eigenvalue weighted by Crippen LogP contribution is 2.38. The smallest absolute Gasteiger partial charge is 0.215 e. The average Bonchev–Trinajstić information content (AvgIpc) is 2.82. The summed E-state index contributed by atoms with van der Waals surface area (Å²) in [5.41, 5.74) is 6.53. The lowest BCUT2D eigenvalue weighted by molar-refractivity contribution is 0.122. The van der Waals surface area contributed by atoms with Crippen LogP contribution in [-0.4, -0.2) is 59.8 Å². The highest BCUT2D eigenvalue weighted by atomic mass is 16.5. The number of aromatic nitrogens is 3. The number of nitrogens with zero attached hydrogens (tertiary/aromatic N) is 4. The molecule has 0 spiro atoms. The van der Waals surface area contributed by atoms with Crippen LogP contribution in [-0.2, 0) is 4.74 Å². The van der Waals surface area contributed by atoms with Gasteiger partial charge < -0.3 is 19.5 Å². The van der Waals surface area contributed by atoms with E-state index in [4.69, 9.17) is 14.5 Å². The monoisotopic (exact) mass is 446 g/mol. The molecule has 7 heteroatoms. The molecule has 2 aromatic heterocycles. The fraction of sp³-hybridized carbons (Fsp3) is 0.423. The molecule has 0 amide bonds. The number of ether oxygens (including phenoxy) is 2. The van der Waals surface area contributed by atoms with Crippen molar-refractivity contribution in [3.63, 3.8) is 0 Å². The molecule has 1 aliphatic heterocycles. The third-order valence-corrected chi connectivity index (χ3v) is 6.56. The molecular formula is C26H30N4O3. The zero-order chi connectivity index (χ0) is 22.6. The molecular weight excluding hydrogens is 416 g/mol. The normalized spacial score (nSPS) is 16.5. The Balaban J connectivity index is 1.52. The predicted octanol–water partition coefficient (Wildman–Crippen LogP) is 3.99. The first-order valence-corrected chi connectivity index (χ1v) is 11.7. The molecule has 2 aliphatic rings. The van der Waals surface area contributed by atoms with Crippen molar-refractivity contribution in [1.29, 1.82) is 0 Å². The van der Waals surface area contributed by atoms with Crippen molar-refractivity contribution in [2.45, 2.75) is 32.1 Å². The van der Waals surface area contributed by atoms with Gasteiger partial charge in [-0.25, -0.2) is 0 Å². The standard InChI is InChI=1S/C26H30N4O3/c1-18-5-6-20(24-14-22(17-27-29-24)19-3-2-4-19)13-23(18)21-15-25(30-7-10-32-11-8-30)28-26(16-21)33-12-9-31/h5-6,13-17,19,31H,2-4,7-12H2,1H3. The maximum Gasteiger partial charge on any atom is 0.215 e. The Bertz CT molecular complexity index is 1110. The van der Waals surface area contributed by atoms with Crippen LogP contribution in [0.3, 0.4) is 0 Å². The molecule has 172 valence electrons. The van der Waals surface area contributed by atoms with Crippen molar-refractivity contribution in [3.8, 4) is 28.3 Å². The molecule has 0 unspecified atom stereocenters. The topological polar surface area (TPSA) is 80.6 Å². The average molecular weight is 447 g/mol. The molecule has 0 atom stereocenters. The van der Waals surface area contributed by atoms with Crippen molar-refractivity contribution < 1.29 is 14.6 Å². The van der Waals surface area contributed by atoms with Crippen LogP contribution in [0.5, 0.6) is 5.88 Å². The van der Waals surface area contributed by atoms with E-state index in [1.165, 1.54) is 24.8 Å². The number of hydrogen-bond acceptors (Lipinski definition) is 7. The first kappa shape index (κ1) is 21.8. The molecule has 1 saturated carbocycles. The van der Waals surface area contributed by atoms with Gasteiger partial charge in [-0.2, -0.15) is 15.2 Å². The minimum absolute atomic E-state index is 0.0523. The number of morpholine rings is 1. The molecule has 1 N–H and O–H groups in total. The van der Waals surface area contributed by atoms with E-state index in [1.54, 1.807) is 0 Å². The van der Waals surface area contributed by atoms with E-state index < -0.39 is 0 Å². The first-order chi connectivity index (χ1) is 16.2. The Labute approximate surface area is 194 Å². The number of pyridine rings is 1. The van der Waals surface area contributed by atoms with E-state index in [0.29, 0.717) is 25.0 Å². The fourth-order valence-corrected chi connectivity index (χ4v) is 4.41. The second kappa shape index (κ2) is 9.85. The van der Waals surface area contributed by atoms with Gasteiger partial charge in [0.15, 0.2) is 0 Å². The molecule has 3 heterocycles. The molecule has 0 bridgehead atoms. The Morgan fingerprint density at radius 2 is 1.94 bits per heavy atom. The van der Waals surface area contributed by atoms with Crippen LogP contribution in [0.15, 0.2) is 42.6 Å². The molecule has 2 fully saturated rings. The van der Waals surface area contributed by atoms with Crippen molar-refractivity contribution in [2.75, 3.05) is 44.4 Å².